The molecule has 1 aromatic rings. The van der Waals surface area contributed by atoms with Gasteiger partial charge in [0.05, 0.1) is 0 Å². The number of benzene rings is 1. The Balaban J connectivity index is 2.88. The number of nitrogens with zero attached hydrogens (tertiary/aromatic N) is 1. The van der Waals surface area contributed by atoms with Crippen LogP contribution in [0.1, 0.15) is 11.8 Å². The van der Waals surface area contributed by atoms with Gasteiger partial charge in [-0.2, -0.15) is 0 Å². The van der Waals surface area contributed by atoms with E-state index in [2.05, 4.69) is 15.9 Å². The molecule has 1 rings (SSSR count). The molecule has 0 aliphatic heterocycles. The molecule has 2 nitrogen and oxygen atoms in total. The van der Waals surface area contributed by atoms with Crippen LogP contribution in [0.3, 0.4) is 0 Å². The highest BCUT2D eigenvalue weighted by Crippen LogP contribution is 2.18. The zero-order valence-electron chi connectivity index (χ0n) is 7.16. The minimum Gasteiger partial charge on any atom is -0.374 e. The second-order valence-electron chi connectivity index (χ2n) is 2.89. The Morgan fingerprint density at radius 3 is 2.58 bits per heavy atom. The van der Waals surface area contributed by atoms with Crippen molar-refractivity contribution in [3.8, 4) is 0 Å². The Morgan fingerprint density at radius 1 is 1.42 bits per heavy atom. The van der Waals surface area contributed by atoms with Crippen molar-refractivity contribution in [1.82, 2.24) is 4.90 Å². The summed E-state index contributed by atoms with van der Waals surface area (Å²) in [5.74, 6) is 0. The summed E-state index contributed by atoms with van der Waals surface area (Å²) in [5.41, 5.74) is 0.898. The monoisotopic (exact) mass is 229 g/mol. The number of hydrogen-bond acceptors (Lipinski definition) is 2. The lowest BCUT2D eigenvalue weighted by atomic mass is 10.2. The van der Waals surface area contributed by atoms with Crippen LogP contribution in [-0.2, 0) is 0 Å². The number of aliphatic hydroxyl groups excluding tert-OH is 1. The topological polar surface area (TPSA) is 23.5 Å². The second-order valence-corrected chi connectivity index (χ2v) is 3.81. The number of hydrogen-bond donors (Lipinski definition) is 1. The second kappa shape index (κ2) is 4.03. The van der Waals surface area contributed by atoms with E-state index in [1.807, 2.05) is 38.4 Å². The molecule has 0 aliphatic carbocycles. The first kappa shape index (κ1) is 9.71. The fourth-order valence-electron chi connectivity index (χ4n) is 0.965. The highest BCUT2D eigenvalue weighted by molar-refractivity contribution is 9.10. The minimum atomic E-state index is -0.525. The fraction of sp³-hybridized carbons (Fsp3) is 0.333. The molecule has 0 aromatic heterocycles. The van der Waals surface area contributed by atoms with Crippen LogP contribution in [0, 0.1) is 0 Å². The smallest absolute Gasteiger partial charge is 0.133 e. The predicted molar refractivity (Wildman–Crippen MR) is 52.8 cm³/mol. The minimum absolute atomic E-state index is 0.525. The third-order valence-corrected chi connectivity index (χ3v) is 2.13. The first-order chi connectivity index (χ1) is 5.61. The quantitative estimate of drug-likeness (QED) is 0.785. The van der Waals surface area contributed by atoms with E-state index in [1.165, 1.54) is 0 Å². The largest absolute Gasteiger partial charge is 0.374 e. The van der Waals surface area contributed by atoms with Gasteiger partial charge >= 0.3 is 0 Å². The van der Waals surface area contributed by atoms with Crippen LogP contribution in [0.4, 0.5) is 0 Å². The lowest BCUT2D eigenvalue weighted by Crippen LogP contribution is -2.18. The van der Waals surface area contributed by atoms with Gasteiger partial charge in [-0.3, -0.25) is 4.90 Å². The standard InChI is InChI=1S/C9H12BrNO/c1-11(2)9(12)7-4-3-5-8(10)6-7/h3-6,9,12H,1-2H3. The van der Waals surface area contributed by atoms with Crippen LogP contribution >= 0.6 is 15.9 Å². The van der Waals surface area contributed by atoms with E-state index in [0.717, 1.165) is 10.0 Å². The molecule has 0 radical (unpaired) electrons. The molecule has 1 atom stereocenters. The van der Waals surface area contributed by atoms with E-state index >= 15 is 0 Å². The first-order valence-corrected chi connectivity index (χ1v) is 4.50. The summed E-state index contributed by atoms with van der Waals surface area (Å²) < 4.78 is 0.987. The van der Waals surface area contributed by atoms with Gasteiger partial charge in [0.25, 0.3) is 0 Å². The van der Waals surface area contributed by atoms with Crippen LogP contribution in [0.2, 0.25) is 0 Å². The molecule has 0 fully saturated rings. The number of halogens is 1. The van der Waals surface area contributed by atoms with Crippen molar-refractivity contribution in [3.05, 3.63) is 34.3 Å². The molecule has 12 heavy (non-hydrogen) atoms. The van der Waals surface area contributed by atoms with Crippen molar-refractivity contribution in [3.63, 3.8) is 0 Å². The molecule has 0 bridgehead atoms. The molecule has 0 amide bonds. The molecule has 0 spiro atoms. The van der Waals surface area contributed by atoms with E-state index in [4.69, 9.17) is 0 Å². The van der Waals surface area contributed by atoms with Crippen LogP contribution < -0.4 is 0 Å². The summed E-state index contributed by atoms with van der Waals surface area (Å²) in [5, 5.41) is 9.63. The van der Waals surface area contributed by atoms with E-state index in [9.17, 15) is 5.11 Å². The van der Waals surface area contributed by atoms with Crippen molar-refractivity contribution >= 4 is 15.9 Å². The molecule has 1 N–H and O–H groups in total. The van der Waals surface area contributed by atoms with E-state index < -0.39 is 6.23 Å². The van der Waals surface area contributed by atoms with Gasteiger partial charge in [0.2, 0.25) is 0 Å². The van der Waals surface area contributed by atoms with Crippen LogP contribution in [0.5, 0.6) is 0 Å². The van der Waals surface area contributed by atoms with E-state index in [0.29, 0.717) is 0 Å². The van der Waals surface area contributed by atoms with Gasteiger partial charge in [-0.05, 0) is 31.8 Å². The van der Waals surface area contributed by atoms with Gasteiger partial charge < -0.3 is 5.11 Å². The lowest BCUT2D eigenvalue weighted by Gasteiger charge is -2.18. The summed E-state index contributed by atoms with van der Waals surface area (Å²) in [7, 11) is 3.68. The SMILES string of the molecule is CN(C)C(O)c1cccc(Br)c1. The zero-order chi connectivity index (χ0) is 9.14. The molecule has 3 heteroatoms. The number of aliphatic hydroxyl groups is 1. The summed E-state index contributed by atoms with van der Waals surface area (Å²) in [6.45, 7) is 0. The molecule has 0 aliphatic rings. The lowest BCUT2D eigenvalue weighted by molar-refractivity contribution is 0.0395. The van der Waals surface area contributed by atoms with Gasteiger partial charge in [-0.1, -0.05) is 28.1 Å². The van der Waals surface area contributed by atoms with Crippen LogP contribution in [-0.4, -0.2) is 24.1 Å². The Bertz CT molecular complexity index is 262. The molecule has 1 unspecified atom stereocenters. The van der Waals surface area contributed by atoms with Gasteiger partial charge in [-0.15, -0.1) is 0 Å². The molecule has 0 saturated carbocycles. The summed E-state index contributed by atoms with van der Waals surface area (Å²) in [4.78, 5) is 1.75. The van der Waals surface area contributed by atoms with Crippen molar-refractivity contribution in [1.29, 1.82) is 0 Å². The normalized spacial score (nSPS) is 13.4. The summed E-state index contributed by atoms with van der Waals surface area (Å²) in [6, 6.07) is 7.65. The Hall–Kier alpha value is -0.380. The Labute approximate surface area is 80.9 Å². The summed E-state index contributed by atoms with van der Waals surface area (Å²) >= 11 is 3.35. The van der Waals surface area contributed by atoms with Crippen molar-refractivity contribution in [2.24, 2.45) is 0 Å². The van der Waals surface area contributed by atoms with Crippen LogP contribution in [0.25, 0.3) is 0 Å². The predicted octanol–water partition coefficient (Wildman–Crippen LogP) is 2.00. The molecule has 0 heterocycles. The molecule has 0 saturated heterocycles. The Morgan fingerprint density at radius 2 is 2.08 bits per heavy atom. The van der Waals surface area contributed by atoms with Gasteiger partial charge in [-0.25, -0.2) is 0 Å². The average molecular weight is 230 g/mol. The molecular formula is C9H12BrNO. The highest BCUT2D eigenvalue weighted by Gasteiger charge is 2.08. The van der Waals surface area contributed by atoms with Crippen molar-refractivity contribution in [2.75, 3.05) is 14.1 Å². The fourth-order valence-corrected chi connectivity index (χ4v) is 1.38. The van der Waals surface area contributed by atoms with Gasteiger partial charge in [0, 0.05) is 4.47 Å². The maximum Gasteiger partial charge on any atom is 0.133 e. The van der Waals surface area contributed by atoms with Gasteiger partial charge in [0.15, 0.2) is 0 Å². The molecular weight excluding hydrogens is 218 g/mol. The van der Waals surface area contributed by atoms with Crippen LogP contribution in [0.15, 0.2) is 28.7 Å². The molecule has 1 aromatic carbocycles. The number of rotatable bonds is 2. The van der Waals surface area contributed by atoms with Crippen molar-refractivity contribution < 1.29 is 5.11 Å². The zero-order valence-corrected chi connectivity index (χ0v) is 8.75. The Kier molecular flexibility index (Phi) is 3.26. The third-order valence-electron chi connectivity index (χ3n) is 1.64. The van der Waals surface area contributed by atoms with Crippen molar-refractivity contribution in [2.45, 2.75) is 6.23 Å². The van der Waals surface area contributed by atoms with Gasteiger partial charge in [0.1, 0.15) is 6.23 Å². The maximum absolute atomic E-state index is 9.63. The van der Waals surface area contributed by atoms with E-state index in [1.54, 1.807) is 4.90 Å². The summed E-state index contributed by atoms with van der Waals surface area (Å²) in [6.07, 6.45) is -0.525. The van der Waals surface area contributed by atoms with E-state index in [-0.39, 0.29) is 0 Å². The molecule has 66 valence electrons. The third kappa shape index (κ3) is 2.30. The maximum atomic E-state index is 9.63. The average Bonchev–Trinajstić information content (AvgIpc) is 2.03. The highest BCUT2D eigenvalue weighted by atomic mass is 79.9. The first-order valence-electron chi connectivity index (χ1n) is 3.71.